The molecule has 6 nitrogen and oxygen atoms in total. The highest BCUT2D eigenvalue weighted by Crippen LogP contribution is 2.67. The molecule has 0 amide bonds. The van der Waals surface area contributed by atoms with Crippen molar-refractivity contribution in [2.75, 3.05) is 13.9 Å². The number of rotatable bonds is 4. The minimum Gasteiger partial charge on any atom is -0.481 e. The molecule has 0 radical (unpaired) electrons. The minimum atomic E-state index is -1.25. The molecule has 3 saturated carbocycles. The van der Waals surface area contributed by atoms with Crippen LogP contribution in [-0.4, -0.2) is 48.1 Å². The van der Waals surface area contributed by atoms with Gasteiger partial charge in [-0.25, -0.2) is 0 Å². The molecule has 0 heterocycles. The number of Topliss-reactive ketones (excluding diaryl/α,β-unsaturated/α-hetero) is 1. The number of aliphatic carboxylic acids is 1. The lowest BCUT2D eigenvalue weighted by molar-refractivity contribution is -0.227. The Morgan fingerprint density at radius 1 is 1.26 bits per heavy atom. The van der Waals surface area contributed by atoms with E-state index in [2.05, 4.69) is 6.92 Å². The molecule has 2 bridgehead atoms. The number of methoxy groups -OCH3 is 1. The smallest absolute Gasteiger partial charge is 0.312 e. The summed E-state index contributed by atoms with van der Waals surface area (Å²) >= 11 is 0. The predicted molar refractivity (Wildman–Crippen MR) is 98.9 cm³/mol. The van der Waals surface area contributed by atoms with Crippen molar-refractivity contribution >= 4 is 11.8 Å². The van der Waals surface area contributed by atoms with Gasteiger partial charge in [0.05, 0.1) is 17.6 Å². The van der Waals surface area contributed by atoms with E-state index in [1.165, 1.54) is 7.11 Å². The number of carboxylic acid groups (broad SMARTS) is 1. The Morgan fingerprint density at radius 2 is 1.93 bits per heavy atom. The molecule has 8 atom stereocenters. The molecule has 3 fully saturated rings. The number of ketones is 1. The van der Waals surface area contributed by atoms with E-state index in [9.17, 15) is 19.8 Å². The number of carboxylic acids is 1. The lowest BCUT2D eigenvalue weighted by atomic mass is 9.44. The molecule has 0 aromatic rings. The van der Waals surface area contributed by atoms with Crippen LogP contribution in [0.2, 0.25) is 0 Å². The first-order chi connectivity index (χ1) is 12.6. The van der Waals surface area contributed by atoms with Gasteiger partial charge in [0.2, 0.25) is 0 Å². The van der Waals surface area contributed by atoms with Crippen molar-refractivity contribution < 1.29 is 29.3 Å². The summed E-state index contributed by atoms with van der Waals surface area (Å²) in [5.41, 5.74) is -2.18. The van der Waals surface area contributed by atoms with Gasteiger partial charge < -0.3 is 19.7 Å². The molecule has 3 rings (SSSR count). The fourth-order valence-corrected chi connectivity index (χ4v) is 6.79. The van der Waals surface area contributed by atoms with Gasteiger partial charge in [0, 0.05) is 24.9 Å². The van der Waals surface area contributed by atoms with E-state index in [0.717, 1.165) is 19.3 Å². The quantitative estimate of drug-likeness (QED) is 0.726. The molecule has 27 heavy (non-hydrogen) atoms. The maximum atomic E-state index is 13.0. The Morgan fingerprint density at radius 3 is 2.52 bits per heavy atom. The SMILES string of the molecule is COCO[C@H]1[C@H](C)C23CCC(=O)C2[C@@](C)([C@H](C)CC3)[C@H](O)C[C@@]1(C)C(=O)O. The second kappa shape index (κ2) is 6.82. The van der Waals surface area contributed by atoms with Crippen LogP contribution in [-0.2, 0) is 19.1 Å². The number of hydrogen-bond donors (Lipinski definition) is 2. The lowest BCUT2D eigenvalue weighted by Gasteiger charge is -2.61. The van der Waals surface area contributed by atoms with E-state index >= 15 is 0 Å². The zero-order valence-corrected chi connectivity index (χ0v) is 17.2. The summed E-state index contributed by atoms with van der Waals surface area (Å²) in [5.74, 6) is -0.952. The van der Waals surface area contributed by atoms with Gasteiger partial charge in [-0.05, 0) is 49.9 Å². The van der Waals surface area contributed by atoms with Gasteiger partial charge >= 0.3 is 5.97 Å². The molecule has 154 valence electrons. The summed E-state index contributed by atoms with van der Waals surface area (Å²) in [6, 6.07) is 0. The van der Waals surface area contributed by atoms with Crippen molar-refractivity contribution in [2.45, 2.75) is 72.0 Å². The van der Waals surface area contributed by atoms with Crippen molar-refractivity contribution in [3.05, 3.63) is 0 Å². The Bertz CT molecular complexity index is 620. The summed E-state index contributed by atoms with van der Waals surface area (Å²) in [4.78, 5) is 25.4. The molecule has 3 aliphatic carbocycles. The Hall–Kier alpha value is -0.980. The van der Waals surface area contributed by atoms with Gasteiger partial charge in [0.15, 0.2) is 0 Å². The lowest BCUT2D eigenvalue weighted by Crippen LogP contribution is -2.64. The number of hydrogen-bond acceptors (Lipinski definition) is 5. The standard InChI is InChI=1S/C21H34O6/c1-12-6-8-21-9-7-14(22)16(21)20(12,4)15(23)10-19(3,18(24)25)17(13(21)2)27-11-26-5/h12-13,15-17,23H,6-11H2,1-5H3,(H,24,25)/t12-,13+,15-,16?,17+,19-,20+,21?/m1/s1. The molecule has 0 saturated heterocycles. The maximum Gasteiger partial charge on any atom is 0.312 e. The van der Waals surface area contributed by atoms with E-state index in [0.29, 0.717) is 6.42 Å². The minimum absolute atomic E-state index is 0.00364. The van der Waals surface area contributed by atoms with Gasteiger partial charge in [-0.1, -0.05) is 20.8 Å². The van der Waals surface area contributed by atoms with Crippen molar-refractivity contribution in [1.29, 1.82) is 0 Å². The Balaban J connectivity index is 2.19. The Kier molecular flexibility index (Phi) is 5.24. The fourth-order valence-electron chi connectivity index (χ4n) is 6.79. The van der Waals surface area contributed by atoms with Gasteiger partial charge in [0.25, 0.3) is 0 Å². The monoisotopic (exact) mass is 382 g/mol. The van der Waals surface area contributed by atoms with E-state index in [1.54, 1.807) is 6.92 Å². The van der Waals surface area contributed by atoms with E-state index < -0.39 is 29.0 Å². The second-order valence-electron chi connectivity index (χ2n) is 9.66. The summed E-state index contributed by atoms with van der Waals surface area (Å²) in [6.45, 7) is 7.82. The molecule has 0 spiro atoms. The highest BCUT2D eigenvalue weighted by Gasteiger charge is 2.68. The number of carbonyl (C=O) groups is 2. The number of aliphatic hydroxyl groups is 1. The van der Waals surface area contributed by atoms with E-state index in [-0.39, 0.29) is 42.2 Å². The average molecular weight is 382 g/mol. The molecule has 0 aromatic carbocycles. The van der Waals surface area contributed by atoms with Crippen LogP contribution in [0.25, 0.3) is 0 Å². The summed E-state index contributed by atoms with van der Waals surface area (Å²) in [5, 5.41) is 21.5. The molecular weight excluding hydrogens is 348 g/mol. The largest absolute Gasteiger partial charge is 0.481 e. The van der Waals surface area contributed by atoms with Gasteiger partial charge in [-0.2, -0.15) is 0 Å². The van der Waals surface area contributed by atoms with Crippen molar-refractivity contribution in [1.82, 2.24) is 0 Å². The first-order valence-electron chi connectivity index (χ1n) is 10.1. The van der Waals surface area contributed by atoms with E-state index in [4.69, 9.17) is 9.47 Å². The van der Waals surface area contributed by atoms with Crippen LogP contribution >= 0.6 is 0 Å². The van der Waals surface area contributed by atoms with Gasteiger partial charge in [-0.15, -0.1) is 0 Å². The maximum absolute atomic E-state index is 13.0. The molecular formula is C21H34O6. The van der Waals surface area contributed by atoms with Crippen LogP contribution < -0.4 is 0 Å². The van der Waals surface area contributed by atoms with Crippen molar-refractivity contribution in [2.24, 2.45) is 34.0 Å². The van der Waals surface area contributed by atoms with Gasteiger partial charge in [-0.3, -0.25) is 9.59 Å². The van der Waals surface area contributed by atoms with Crippen molar-refractivity contribution in [3.63, 3.8) is 0 Å². The summed E-state index contributed by atoms with van der Waals surface area (Å²) < 4.78 is 11.1. The first kappa shape index (κ1) is 20.7. The number of carbonyl (C=O) groups excluding carboxylic acids is 1. The fraction of sp³-hybridized carbons (Fsp3) is 0.905. The molecule has 0 aliphatic heterocycles. The zero-order valence-electron chi connectivity index (χ0n) is 17.2. The predicted octanol–water partition coefficient (Wildman–Crippen LogP) is 2.87. The van der Waals surface area contributed by atoms with Crippen LogP contribution in [0.15, 0.2) is 0 Å². The number of aliphatic hydroxyl groups excluding tert-OH is 1. The van der Waals surface area contributed by atoms with Gasteiger partial charge in [0.1, 0.15) is 12.6 Å². The topological polar surface area (TPSA) is 93.1 Å². The molecule has 0 aromatic heterocycles. The van der Waals surface area contributed by atoms with E-state index in [1.807, 2.05) is 13.8 Å². The third-order valence-electron chi connectivity index (χ3n) is 8.64. The van der Waals surface area contributed by atoms with Crippen LogP contribution in [0.5, 0.6) is 0 Å². The van der Waals surface area contributed by atoms with Crippen LogP contribution in [0.4, 0.5) is 0 Å². The molecule has 3 aliphatic rings. The summed E-state index contributed by atoms with van der Waals surface area (Å²) in [6.07, 6.45) is 1.62. The first-order valence-corrected chi connectivity index (χ1v) is 10.1. The summed E-state index contributed by atoms with van der Waals surface area (Å²) in [7, 11) is 1.51. The normalized spacial score (nSPS) is 50.0. The highest BCUT2D eigenvalue weighted by atomic mass is 16.7. The molecule has 2 unspecified atom stereocenters. The van der Waals surface area contributed by atoms with Crippen molar-refractivity contribution in [3.8, 4) is 0 Å². The third kappa shape index (κ3) is 2.70. The van der Waals surface area contributed by atoms with Crippen LogP contribution in [0.3, 0.4) is 0 Å². The third-order valence-corrected chi connectivity index (χ3v) is 8.64. The van der Waals surface area contributed by atoms with Crippen LogP contribution in [0, 0.1) is 34.0 Å². The number of ether oxygens (including phenoxy) is 2. The molecule has 6 heteroatoms. The van der Waals surface area contributed by atoms with Crippen LogP contribution in [0.1, 0.15) is 59.8 Å². The zero-order chi connectivity index (χ0) is 20.2. The Labute approximate surface area is 161 Å². The second-order valence-corrected chi connectivity index (χ2v) is 9.66. The highest BCUT2D eigenvalue weighted by molar-refractivity contribution is 5.86. The molecule has 2 N–H and O–H groups in total. The average Bonchev–Trinajstić information content (AvgIpc) is 2.96.